The van der Waals surface area contributed by atoms with Crippen LogP contribution in [0.1, 0.15) is 0 Å². The molecule has 0 aliphatic rings. The van der Waals surface area contributed by atoms with Crippen LogP contribution in [-0.2, 0) is 0 Å². The number of rotatable bonds is 0. The van der Waals surface area contributed by atoms with Gasteiger partial charge in [0.15, 0.2) is 0 Å². The average Bonchev–Trinajstić information content (AvgIpc) is 0.811. The van der Waals surface area contributed by atoms with Crippen molar-refractivity contribution in [1.29, 1.82) is 0 Å². The van der Waals surface area contributed by atoms with Gasteiger partial charge in [-0.1, -0.05) is 11.6 Å². The largest absolute Gasteiger partial charge is 1.00 e. The maximum atomic E-state index is 10.1. The average molecular weight is 122 g/mol. The summed E-state index contributed by atoms with van der Waals surface area (Å²) in [4.78, 5) is 0. The lowest BCUT2D eigenvalue weighted by atomic mass is 11.7. The van der Waals surface area contributed by atoms with E-state index >= 15 is 0 Å². The SMILES string of the molecule is FC(F)Cl.[Cl-]. The van der Waals surface area contributed by atoms with Gasteiger partial charge in [0, 0.05) is 0 Å². The van der Waals surface area contributed by atoms with E-state index in [1.165, 1.54) is 0 Å². The molecule has 0 saturated heterocycles. The molecule has 0 rings (SSSR count). The molecule has 0 nitrogen and oxygen atoms in total. The fourth-order valence-electron chi connectivity index (χ4n) is 0. The Morgan fingerprint density at radius 1 is 1.40 bits per heavy atom. The van der Waals surface area contributed by atoms with Crippen LogP contribution in [0.25, 0.3) is 0 Å². The Balaban J connectivity index is 0. The number of halogens is 4. The first kappa shape index (κ1) is 9.06. The van der Waals surface area contributed by atoms with Crippen LogP contribution in [0.2, 0.25) is 0 Å². The normalized spacial score (nSPS) is 7.20. The highest BCUT2D eigenvalue weighted by Gasteiger charge is 1.83. The molecule has 0 saturated carbocycles. The Morgan fingerprint density at radius 3 is 1.40 bits per heavy atom. The maximum absolute atomic E-state index is 10.1. The minimum absolute atomic E-state index is 0. The molecular formula is CHCl2F2-. The maximum Gasteiger partial charge on any atom is 0.312 e. The molecule has 0 aromatic carbocycles. The summed E-state index contributed by atoms with van der Waals surface area (Å²) >= 11 is 3.94. The molecule has 0 amide bonds. The van der Waals surface area contributed by atoms with Crippen LogP contribution in [0.5, 0.6) is 0 Å². The molecule has 34 valence electrons. The highest BCUT2D eigenvalue weighted by molar-refractivity contribution is 6.18. The van der Waals surface area contributed by atoms with Crippen molar-refractivity contribution in [3.05, 3.63) is 0 Å². The molecule has 0 aromatic heterocycles. The predicted octanol–water partition coefficient (Wildman–Crippen LogP) is -1.55. The minimum atomic E-state index is -2.69. The Hall–Kier alpha value is 0.440. The molecule has 0 unspecified atom stereocenters. The van der Waals surface area contributed by atoms with E-state index in [1.54, 1.807) is 0 Å². The summed E-state index contributed by atoms with van der Waals surface area (Å²) in [7, 11) is 0. The summed E-state index contributed by atoms with van der Waals surface area (Å²) < 4.78 is 20.2. The third kappa shape index (κ3) is 137. The number of alkyl halides is 3. The van der Waals surface area contributed by atoms with Crippen molar-refractivity contribution in [2.45, 2.75) is 5.88 Å². The zero-order chi connectivity index (χ0) is 3.58. The van der Waals surface area contributed by atoms with Crippen LogP contribution >= 0.6 is 11.6 Å². The fourth-order valence-corrected chi connectivity index (χ4v) is 0. The van der Waals surface area contributed by atoms with Crippen LogP contribution < -0.4 is 12.4 Å². The molecule has 0 N–H and O–H groups in total. The molecule has 0 heterocycles. The highest BCUT2D eigenvalue weighted by Crippen LogP contribution is 1.93. The van der Waals surface area contributed by atoms with Crippen LogP contribution in [0.15, 0.2) is 0 Å². The molecule has 0 aliphatic carbocycles. The highest BCUT2D eigenvalue weighted by atomic mass is 35.5. The second kappa shape index (κ2) is 4.44. The van der Waals surface area contributed by atoms with Gasteiger partial charge in [-0.3, -0.25) is 0 Å². The zero-order valence-electron chi connectivity index (χ0n) is 2.09. The topological polar surface area (TPSA) is 0 Å². The third-order valence-electron chi connectivity index (χ3n) is 0. The molecule has 0 fully saturated rings. The summed E-state index contributed by atoms with van der Waals surface area (Å²) in [5.41, 5.74) is 0. The quantitative estimate of drug-likeness (QED) is 0.341. The minimum Gasteiger partial charge on any atom is -1.00 e. The summed E-state index contributed by atoms with van der Waals surface area (Å²) in [5, 5.41) is 0. The first-order valence-electron chi connectivity index (χ1n) is 0.655. The van der Waals surface area contributed by atoms with Crippen LogP contribution in [-0.4, -0.2) is 5.88 Å². The summed E-state index contributed by atoms with van der Waals surface area (Å²) in [6, 6.07) is 0. The predicted molar refractivity (Wildman–Crippen MR) is 11.9 cm³/mol. The summed E-state index contributed by atoms with van der Waals surface area (Å²) in [6.45, 7) is 0. The van der Waals surface area contributed by atoms with E-state index in [0.717, 1.165) is 0 Å². The lowest BCUT2D eigenvalue weighted by Gasteiger charge is -1.66. The Labute approximate surface area is 39.5 Å². The van der Waals surface area contributed by atoms with Crippen molar-refractivity contribution >= 4 is 11.6 Å². The monoisotopic (exact) mass is 121 g/mol. The summed E-state index contributed by atoms with van der Waals surface area (Å²) in [5.74, 6) is -2.69. The molecule has 0 spiro atoms. The van der Waals surface area contributed by atoms with Gasteiger partial charge in [-0.15, -0.1) is 0 Å². The Kier molecular flexibility index (Phi) is 8.05. The lowest BCUT2D eigenvalue weighted by Crippen LogP contribution is -3.00. The van der Waals surface area contributed by atoms with Gasteiger partial charge in [0.05, 0.1) is 0 Å². The van der Waals surface area contributed by atoms with Gasteiger partial charge in [0.25, 0.3) is 0 Å². The Morgan fingerprint density at radius 2 is 1.40 bits per heavy atom. The number of hydrogen-bond acceptors (Lipinski definition) is 0. The van der Waals surface area contributed by atoms with Crippen molar-refractivity contribution in [3.63, 3.8) is 0 Å². The van der Waals surface area contributed by atoms with Crippen molar-refractivity contribution in [3.8, 4) is 0 Å². The van der Waals surface area contributed by atoms with E-state index in [-0.39, 0.29) is 12.4 Å². The second-order valence-corrected chi connectivity index (χ2v) is 0.577. The van der Waals surface area contributed by atoms with Crippen LogP contribution in [0.3, 0.4) is 0 Å². The first-order valence-corrected chi connectivity index (χ1v) is 1.09. The van der Waals surface area contributed by atoms with Gasteiger partial charge in [-0.2, -0.15) is 8.78 Å². The molecule has 4 heteroatoms. The smallest absolute Gasteiger partial charge is 0.312 e. The molecule has 0 bridgehead atoms. The van der Waals surface area contributed by atoms with E-state index in [2.05, 4.69) is 11.6 Å². The van der Waals surface area contributed by atoms with Crippen molar-refractivity contribution < 1.29 is 21.2 Å². The number of hydrogen-bond donors (Lipinski definition) is 0. The Bertz CT molecular complexity index is 12.4. The molecular weight excluding hydrogens is 121 g/mol. The zero-order valence-corrected chi connectivity index (χ0v) is 3.60. The van der Waals surface area contributed by atoms with E-state index in [0.29, 0.717) is 0 Å². The van der Waals surface area contributed by atoms with Crippen molar-refractivity contribution in [2.75, 3.05) is 0 Å². The molecule has 0 atom stereocenters. The van der Waals surface area contributed by atoms with Crippen LogP contribution in [0, 0.1) is 0 Å². The fraction of sp³-hybridized carbons (Fsp3) is 1.00. The van der Waals surface area contributed by atoms with Gasteiger partial charge < -0.3 is 12.4 Å². The van der Waals surface area contributed by atoms with Gasteiger partial charge in [0.1, 0.15) is 0 Å². The van der Waals surface area contributed by atoms with Crippen molar-refractivity contribution in [2.24, 2.45) is 0 Å². The van der Waals surface area contributed by atoms with Gasteiger partial charge in [-0.25, -0.2) is 0 Å². The summed E-state index contributed by atoms with van der Waals surface area (Å²) in [6.07, 6.45) is 0. The lowest BCUT2D eigenvalue weighted by molar-refractivity contribution is -0.00000323. The second-order valence-electron chi connectivity index (χ2n) is 0.247. The molecule has 5 heavy (non-hydrogen) atoms. The van der Waals surface area contributed by atoms with Crippen LogP contribution in [0.4, 0.5) is 8.78 Å². The molecule has 0 aromatic rings. The van der Waals surface area contributed by atoms with Gasteiger partial charge in [0.2, 0.25) is 0 Å². The van der Waals surface area contributed by atoms with E-state index in [4.69, 9.17) is 0 Å². The molecule has 0 radical (unpaired) electrons. The standard InChI is InChI=1S/CHClF2.ClH/c2-1(3)4;/h1H;1H/p-1. The van der Waals surface area contributed by atoms with Crippen molar-refractivity contribution in [1.82, 2.24) is 0 Å². The molecule has 0 aliphatic heterocycles. The van der Waals surface area contributed by atoms with E-state index < -0.39 is 5.88 Å². The van der Waals surface area contributed by atoms with E-state index in [9.17, 15) is 8.78 Å². The van der Waals surface area contributed by atoms with E-state index in [1.807, 2.05) is 0 Å². The third-order valence-corrected chi connectivity index (χ3v) is 0. The first-order chi connectivity index (χ1) is 1.73. The van der Waals surface area contributed by atoms with Gasteiger partial charge in [-0.05, 0) is 0 Å². The van der Waals surface area contributed by atoms with Gasteiger partial charge >= 0.3 is 5.88 Å².